The van der Waals surface area contributed by atoms with E-state index in [4.69, 9.17) is 4.74 Å². The molecule has 0 aromatic heterocycles. The normalized spacial score (nSPS) is 14.0. The number of rotatable bonds is 5. The number of ether oxygens (including phenoxy) is 1. The van der Waals surface area contributed by atoms with Gasteiger partial charge in [-0.05, 0) is 56.0 Å². The number of nitrogens with one attached hydrogen (secondary N) is 1. The second kappa shape index (κ2) is 8.52. The molecule has 2 aromatic rings. The van der Waals surface area contributed by atoms with E-state index in [2.05, 4.69) is 5.32 Å². The Balaban J connectivity index is 1.63. The molecule has 0 radical (unpaired) electrons. The number of para-hydroxylation sites is 1. The predicted molar refractivity (Wildman–Crippen MR) is 102 cm³/mol. The Morgan fingerprint density at radius 3 is 2.58 bits per heavy atom. The first-order valence-electron chi connectivity index (χ1n) is 9.01. The minimum Gasteiger partial charge on any atom is -0.484 e. The van der Waals surface area contributed by atoms with E-state index < -0.39 is 0 Å². The first-order valence-corrected chi connectivity index (χ1v) is 9.01. The minimum absolute atomic E-state index is 0.0276. The van der Waals surface area contributed by atoms with Crippen LogP contribution < -0.4 is 10.1 Å². The van der Waals surface area contributed by atoms with Crippen molar-refractivity contribution in [2.75, 3.05) is 25.0 Å². The van der Waals surface area contributed by atoms with Crippen molar-refractivity contribution in [3.8, 4) is 5.75 Å². The molecule has 0 spiro atoms. The number of piperidine rings is 1. The quantitative estimate of drug-likeness (QED) is 0.894. The van der Waals surface area contributed by atoms with E-state index in [0.717, 1.165) is 31.5 Å². The highest BCUT2D eigenvalue weighted by molar-refractivity contribution is 6.04. The van der Waals surface area contributed by atoms with Crippen LogP contribution in [0.25, 0.3) is 0 Å². The van der Waals surface area contributed by atoms with E-state index in [0.29, 0.717) is 17.0 Å². The number of carbonyl (C=O) groups is 2. The van der Waals surface area contributed by atoms with Gasteiger partial charge in [-0.15, -0.1) is 0 Å². The SMILES string of the molecule is Cc1cccc(OCC(=O)Nc2ccccc2C(=O)N2CCCCC2)c1. The summed E-state index contributed by atoms with van der Waals surface area (Å²) in [4.78, 5) is 26.9. The fraction of sp³-hybridized carbons (Fsp3) is 0.333. The predicted octanol–water partition coefficient (Wildman–Crippen LogP) is 3.64. The molecule has 0 saturated carbocycles. The van der Waals surface area contributed by atoms with E-state index in [1.165, 1.54) is 6.42 Å². The van der Waals surface area contributed by atoms with Crippen LogP contribution in [0.1, 0.15) is 35.2 Å². The van der Waals surface area contributed by atoms with Crippen molar-refractivity contribution in [2.45, 2.75) is 26.2 Å². The van der Waals surface area contributed by atoms with Crippen molar-refractivity contribution in [1.29, 1.82) is 0 Å². The average Bonchev–Trinajstić information content (AvgIpc) is 2.67. The third-order valence-electron chi connectivity index (χ3n) is 4.43. The summed E-state index contributed by atoms with van der Waals surface area (Å²) in [6.45, 7) is 3.42. The molecule has 136 valence electrons. The third kappa shape index (κ3) is 4.63. The number of aryl methyl sites for hydroxylation is 1. The Bertz CT molecular complexity index is 782. The number of anilines is 1. The number of nitrogens with zero attached hydrogens (tertiary/aromatic N) is 1. The smallest absolute Gasteiger partial charge is 0.262 e. The van der Waals surface area contributed by atoms with Crippen LogP contribution >= 0.6 is 0 Å². The first kappa shape index (κ1) is 18.0. The number of carbonyl (C=O) groups excluding carboxylic acids is 2. The zero-order valence-electron chi connectivity index (χ0n) is 15.0. The van der Waals surface area contributed by atoms with E-state index >= 15 is 0 Å². The lowest BCUT2D eigenvalue weighted by atomic mass is 10.1. The Morgan fingerprint density at radius 1 is 1.04 bits per heavy atom. The maximum atomic E-state index is 12.8. The van der Waals surface area contributed by atoms with Crippen LogP contribution in [0.15, 0.2) is 48.5 Å². The maximum Gasteiger partial charge on any atom is 0.262 e. The van der Waals surface area contributed by atoms with Gasteiger partial charge in [-0.2, -0.15) is 0 Å². The van der Waals surface area contributed by atoms with E-state index in [-0.39, 0.29) is 18.4 Å². The summed E-state index contributed by atoms with van der Waals surface area (Å²) in [5.41, 5.74) is 2.12. The fourth-order valence-corrected chi connectivity index (χ4v) is 3.09. The van der Waals surface area contributed by atoms with Crippen LogP contribution in [0.4, 0.5) is 5.69 Å². The second-order valence-electron chi connectivity index (χ2n) is 6.55. The van der Waals surface area contributed by atoms with Gasteiger partial charge in [0.1, 0.15) is 5.75 Å². The van der Waals surface area contributed by atoms with Gasteiger partial charge in [-0.25, -0.2) is 0 Å². The largest absolute Gasteiger partial charge is 0.484 e. The first-order chi connectivity index (χ1) is 12.6. The van der Waals surface area contributed by atoms with Gasteiger partial charge < -0.3 is 15.0 Å². The molecule has 1 aliphatic rings. The van der Waals surface area contributed by atoms with Gasteiger partial charge in [-0.3, -0.25) is 9.59 Å². The van der Waals surface area contributed by atoms with Gasteiger partial charge in [-0.1, -0.05) is 24.3 Å². The number of hydrogen-bond acceptors (Lipinski definition) is 3. The Labute approximate surface area is 154 Å². The lowest BCUT2D eigenvalue weighted by Crippen LogP contribution is -2.36. The van der Waals surface area contributed by atoms with Crippen molar-refractivity contribution in [2.24, 2.45) is 0 Å². The Kier molecular flexibility index (Phi) is 5.89. The molecule has 0 bridgehead atoms. The highest BCUT2D eigenvalue weighted by atomic mass is 16.5. The fourth-order valence-electron chi connectivity index (χ4n) is 3.09. The highest BCUT2D eigenvalue weighted by Gasteiger charge is 2.21. The van der Waals surface area contributed by atoms with Crippen LogP contribution in [0.2, 0.25) is 0 Å². The van der Waals surface area contributed by atoms with Crippen molar-refractivity contribution in [3.05, 3.63) is 59.7 Å². The topological polar surface area (TPSA) is 58.6 Å². The summed E-state index contributed by atoms with van der Waals surface area (Å²) >= 11 is 0. The van der Waals surface area contributed by atoms with E-state index in [9.17, 15) is 9.59 Å². The summed E-state index contributed by atoms with van der Waals surface area (Å²) in [5.74, 6) is 0.337. The van der Waals surface area contributed by atoms with Crippen LogP contribution in [0.5, 0.6) is 5.75 Å². The standard InChI is InChI=1S/C21H24N2O3/c1-16-8-7-9-17(14-16)26-15-20(24)22-19-11-4-3-10-18(19)21(25)23-12-5-2-6-13-23/h3-4,7-11,14H,2,5-6,12-13,15H2,1H3,(H,22,24). The van der Waals surface area contributed by atoms with Crippen molar-refractivity contribution in [1.82, 2.24) is 4.90 Å². The van der Waals surface area contributed by atoms with Gasteiger partial charge >= 0.3 is 0 Å². The molecule has 0 unspecified atom stereocenters. The van der Waals surface area contributed by atoms with Gasteiger partial charge in [0.05, 0.1) is 11.3 Å². The zero-order chi connectivity index (χ0) is 18.4. The molecule has 0 aliphatic carbocycles. The molecular formula is C21H24N2O3. The van der Waals surface area contributed by atoms with Crippen molar-refractivity contribution < 1.29 is 14.3 Å². The van der Waals surface area contributed by atoms with Crippen LogP contribution in [0, 0.1) is 6.92 Å². The summed E-state index contributed by atoms with van der Waals surface area (Å²) in [5, 5.41) is 2.80. The minimum atomic E-state index is -0.287. The van der Waals surface area contributed by atoms with Crippen molar-refractivity contribution >= 4 is 17.5 Å². The van der Waals surface area contributed by atoms with E-state index in [1.807, 2.05) is 48.2 Å². The zero-order valence-corrected chi connectivity index (χ0v) is 15.0. The second-order valence-corrected chi connectivity index (χ2v) is 6.55. The summed E-state index contributed by atoms with van der Waals surface area (Å²) in [6.07, 6.45) is 3.23. The molecule has 5 heteroatoms. The highest BCUT2D eigenvalue weighted by Crippen LogP contribution is 2.20. The third-order valence-corrected chi connectivity index (χ3v) is 4.43. The Morgan fingerprint density at radius 2 is 1.81 bits per heavy atom. The van der Waals surface area contributed by atoms with Crippen LogP contribution in [-0.2, 0) is 4.79 Å². The lowest BCUT2D eigenvalue weighted by Gasteiger charge is -2.27. The van der Waals surface area contributed by atoms with Crippen molar-refractivity contribution in [3.63, 3.8) is 0 Å². The molecule has 26 heavy (non-hydrogen) atoms. The molecule has 3 rings (SSSR count). The molecule has 1 heterocycles. The average molecular weight is 352 g/mol. The number of likely N-dealkylation sites (tertiary alicyclic amines) is 1. The molecule has 1 saturated heterocycles. The molecule has 2 amide bonds. The monoisotopic (exact) mass is 352 g/mol. The van der Waals surface area contributed by atoms with Gasteiger partial charge in [0.25, 0.3) is 11.8 Å². The van der Waals surface area contributed by atoms with Gasteiger partial charge in [0.15, 0.2) is 6.61 Å². The van der Waals surface area contributed by atoms with Crippen LogP contribution in [0.3, 0.4) is 0 Å². The number of benzene rings is 2. The molecule has 2 aromatic carbocycles. The molecule has 5 nitrogen and oxygen atoms in total. The molecule has 1 aliphatic heterocycles. The molecular weight excluding hydrogens is 328 g/mol. The lowest BCUT2D eigenvalue weighted by molar-refractivity contribution is -0.118. The maximum absolute atomic E-state index is 12.8. The van der Waals surface area contributed by atoms with E-state index in [1.54, 1.807) is 12.1 Å². The Hall–Kier alpha value is -2.82. The molecule has 1 fully saturated rings. The van der Waals surface area contributed by atoms with Gasteiger partial charge in [0, 0.05) is 13.1 Å². The van der Waals surface area contributed by atoms with Gasteiger partial charge in [0.2, 0.25) is 0 Å². The number of hydrogen-bond donors (Lipinski definition) is 1. The van der Waals surface area contributed by atoms with Crippen LogP contribution in [-0.4, -0.2) is 36.4 Å². The molecule has 0 atom stereocenters. The summed E-state index contributed by atoms with van der Waals surface area (Å²) < 4.78 is 5.53. The summed E-state index contributed by atoms with van der Waals surface area (Å²) in [7, 11) is 0. The molecule has 1 N–H and O–H groups in total. The number of amides is 2. The summed E-state index contributed by atoms with van der Waals surface area (Å²) in [6, 6.07) is 14.7.